The molecule has 0 heterocycles. The number of amides is 1. The molecule has 0 saturated heterocycles. The zero-order valence-corrected chi connectivity index (χ0v) is 17.6. The van der Waals surface area contributed by atoms with Gasteiger partial charge in [-0.2, -0.15) is 0 Å². The van der Waals surface area contributed by atoms with E-state index in [2.05, 4.69) is 35.6 Å². The van der Waals surface area contributed by atoms with Crippen LogP contribution in [-0.2, 0) is 0 Å². The third-order valence-electron chi connectivity index (χ3n) is 6.11. The van der Waals surface area contributed by atoms with Gasteiger partial charge in [-0.15, -0.1) is 0 Å². The molecule has 122 valence electrons. The van der Waals surface area contributed by atoms with Crippen molar-refractivity contribution in [3.05, 3.63) is 0 Å². The number of hydrogen-bond acceptors (Lipinski definition) is 1. The van der Waals surface area contributed by atoms with E-state index in [4.69, 9.17) is 0 Å². The summed E-state index contributed by atoms with van der Waals surface area (Å²) in [5.74, 6) is 1.24. The van der Waals surface area contributed by atoms with Crippen LogP contribution in [0, 0.1) is 17.3 Å². The number of fused-ring (bicyclic) bond motifs is 1. The van der Waals surface area contributed by atoms with Gasteiger partial charge in [-0.1, -0.05) is 0 Å². The summed E-state index contributed by atoms with van der Waals surface area (Å²) in [7, 11) is 0. The van der Waals surface area contributed by atoms with Gasteiger partial charge in [-0.3, -0.25) is 0 Å². The molecule has 2 fully saturated rings. The minimum atomic E-state index is -1.79. The molecular weight excluding hydrogens is 369 g/mol. The van der Waals surface area contributed by atoms with Crippen LogP contribution in [0.4, 0.5) is 4.79 Å². The van der Waals surface area contributed by atoms with Gasteiger partial charge in [-0.05, 0) is 0 Å². The first-order valence-corrected chi connectivity index (χ1v) is 19.1. The van der Waals surface area contributed by atoms with Gasteiger partial charge in [0.25, 0.3) is 0 Å². The van der Waals surface area contributed by atoms with E-state index >= 15 is 0 Å². The van der Waals surface area contributed by atoms with E-state index in [0.29, 0.717) is 11.8 Å². The number of hydrogen-bond donors (Lipinski definition) is 1. The number of carbonyl (C=O) groups is 1. The molecule has 3 unspecified atom stereocenters. The first kappa shape index (κ1) is 17.4. The topological polar surface area (TPSA) is 40.5 Å². The second-order valence-corrected chi connectivity index (χ2v) is 25.2. The maximum absolute atomic E-state index is 11.9. The van der Waals surface area contributed by atoms with Crippen molar-refractivity contribution in [2.24, 2.45) is 17.3 Å². The molecule has 0 aromatic heterocycles. The summed E-state index contributed by atoms with van der Waals surface area (Å²) in [5, 5.41) is 9.81. The van der Waals surface area contributed by atoms with E-state index in [1.807, 2.05) is 4.90 Å². The van der Waals surface area contributed by atoms with Crippen LogP contribution in [0.3, 0.4) is 0 Å². The molecule has 4 heteroatoms. The van der Waals surface area contributed by atoms with Crippen LogP contribution >= 0.6 is 0 Å². The van der Waals surface area contributed by atoms with Gasteiger partial charge in [0.1, 0.15) is 0 Å². The summed E-state index contributed by atoms with van der Waals surface area (Å²) < 4.78 is 1.29. The fourth-order valence-corrected chi connectivity index (χ4v) is 8.39. The Hall–Kier alpha value is 0.0687. The number of nitrogens with zero attached hydrogens (tertiary/aromatic N) is 1. The Morgan fingerprint density at radius 2 is 1.90 bits per heavy atom. The van der Waals surface area contributed by atoms with Crippen molar-refractivity contribution in [3.63, 3.8) is 0 Å². The van der Waals surface area contributed by atoms with Crippen LogP contribution in [0.5, 0.6) is 0 Å². The van der Waals surface area contributed by atoms with Gasteiger partial charge in [0.15, 0.2) is 0 Å². The van der Waals surface area contributed by atoms with Gasteiger partial charge in [-0.25, -0.2) is 0 Å². The Labute approximate surface area is 134 Å². The van der Waals surface area contributed by atoms with E-state index in [-0.39, 0.29) is 11.0 Å². The summed E-state index contributed by atoms with van der Waals surface area (Å²) in [6.07, 6.45) is 3.91. The quantitative estimate of drug-likeness (QED) is 0.664. The zero-order chi connectivity index (χ0) is 16.1. The van der Waals surface area contributed by atoms with Crippen molar-refractivity contribution >= 4 is 24.5 Å². The Balaban J connectivity index is 2.12. The third-order valence-corrected chi connectivity index (χ3v) is 11.4. The van der Waals surface area contributed by atoms with Gasteiger partial charge < -0.3 is 0 Å². The van der Waals surface area contributed by atoms with Crippen LogP contribution in [0.25, 0.3) is 0 Å². The van der Waals surface area contributed by atoms with Crippen molar-refractivity contribution in [1.29, 1.82) is 0 Å². The molecule has 0 aliphatic heterocycles. The molecule has 3 nitrogen and oxygen atoms in total. The summed E-state index contributed by atoms with van der Waals surface area (Å²) in [6.45, 7) is 7.61. The van der Waals surface area contributed by atoms with Crippen LogP contribution in [-0.4, -0.2) is 46.6 Å². The molecule has 0 aromatic carbocycles. The van der Waals surface area contributed by atoms with E-state index in [1.54, 1.807) is 0 Å². The molecule has 0 radical (unpaired) electrons. The fourth-order valence-electron chi connectivity index (χ4n) is 4.91. The van der Waals surface area contributed by atoms with E-state index in [0.717, 1.165) is 19.4 Å². The Kier molecular flexibility index (Phi) is 4.65. The first-order valence-electron chi connectivity index (χ1n) is 8.53. The van der Waals surface area contributed by atoms with E-state index in [1.165, 1.54) is 17.3 Å². The molecule has 1 amide bonds. The number of rotatable bonds is 5. The molecule has 2 saturated carbocycles. The van der Waals surface area contributed by atoms with Gasteiger partial charge in [0.05, 0.1) is 0 Å². The maximum atomic E-state index is 11.9. The summed E-state index contributed by atoms with van der Waals surface area (Å²) >= 11 is -1.79. The SMILES string of the molecule is CC1CCC2C(C)(C)C2(N(CC[CH2][Sn]([CH3])([CH3])[CH3])C(=O)O)C1. The van der Waals surface area contributed by atoms with Crippen molar-refractivity contribution < 1.29 is 9.90 Å². The second-order valence-electron chi connectivity index (χ2n) is 9.18. The van der Waals surface area contributed by atoms with Gasteiger partial charge in [0, 0.05) is 0 Å². The average molecular weight is 402 g/mol. The Morgan fingerprint density at radius 3 is 2.43 bits per heavy atom. The summed E-state index contributed by atoms with van der Waals surface area (Å²) in [6, 6.07) is 0. The monoisotopic (exact) mass is 403 g/mol. The van der Waals surface area contributed by atoms with Gasteiger partial charge >= 0.3 is 134 Å². The van der Waals surface area contributed by atoms with Crippen LogP contribution in [0.2, 0.25) is 19.3 Å². The summed E-state index contributed by atoms with van der Waals surface area (Å²) in [5.41, 5.74) is 0.102. The predicted octanol–water partition coefficient (Wildman–Crippen LogP) is 4.91. The normalized spacial score (nSPS) is 34.2. The van der Waals surface area contributed by atoms with E-state index < -0.39 is 24.5 Å². The Morgan fingerprint density at radius 1 is 1.29 bits per heavy atom. The van der Waals surface area contributed by atoms with Gasteiger partial charge in [0.2, 0.25) is 0 Å². The molecule has 3 atom stereocenters. The number of carboxylic acid groups (broad SMARTS) is 1. The van der Waals surface area contributed by atoms with Crippen molar-refractivity contribution in [2.45, 2.75) is 71.2 Å². The molecule has 0 aromatic rings. The Bertz CT molecular complexity index is 416. The van der Waals surface area contributed by atoms with Crippen LogP contribution in [0.15, 0.2) is 0 Å². The molecule has 21 heavy (non-hydrogen) atoms. The minimum absolute atomic E-state index is 0.0656. The van der Waals surface area contributed by atoms with Crippen molar-refractivity contribution in [2.75, 3.05) is 6.54 Å². The first-order chi connectivity index (χ1) is 9.52. The molecule has 0 bridgehead atoms. The molecule has 0 spiro atoms. The van der Waals surface area contributed by atoms with Crippen molar-refractivity contribution in [1.82, 2.24) is 4.90 Å². The molecular formula is C17H33NO2Sn. The summed E-state index contributed by atoms with van der Waals surface area (Å²) in [4.78, 5) is 21.1. The van der Waals surface area contributed by atoms with Crippen molar-refractivity contribution in [3.8, 4) is 0 Å². The standard InChI is InChI=1S/C14H24NO2.3CH3.Sn/c1-5-8-15(12(16)17)14-9-10(2)6-7-11(14)13(14,3)4;;;;/h10-11H,1,5-9H2,2-4H3,(H,16,17);3*1H3;. The fraction of sp³-hybridized carbons (Fsp3) is 0.941. The average Bonchev–Trinajstić information content (AvgIpc) is 2.79. The van der Waals surface area contributed by atoms with E-state index in [9.17, 15) is 9.90 Å². The molecule has 2 aliphatic rings. The van der Waals surface area contributed by atoms with Crippen LogP contribution < -0.4 is 0 Å². The van der Waals surface area contributed by atoms with Crippen LogP contribution in [0.1, 0.15) is 46.5 Å². The predicted molar refractivity (Wildman–Crippen MR) is 90.5 cm³/mol. The molecule has 2 rings (SSSR count). The second kappa shape index (κ2) is 5.61. The zero-order valence-electron chi connectivity index (χ0n) is 14.7. The molecule has 2 aliphatic carbocycles. The third kappa shape index (κ3) is 3.09. The molecule has 1 N–H and O–H groups in total.